The molecule has 5 heteroatoms. The number of carbonyl (C=O) groups is 1. The van der Waals surface area contributed by atoms with Gasteiger partial charge in [0, 0.05) is 23.6 Å². The largest absolute Gasteiger partial charge is 0.330 e. The first kappa shape index (κ1) is 16.9. The normalized spacial score (nSPS) is 14.5. The first-order chi connectivity index (χ1) is 11.5. The molecule has 2 aromatic carbocycles. The van der Waals surface area contributed by atoms with Crippen LogP contribution in [0.2, 0.25) is 5.02 Å². The van der Waals surface area contributed by atoms with Gasteiger partial charge in [-0.1, -0.05) is 23.7 Å². The lowest BCUT2D eigenvalue weighted by Gasteiger charge is -2.26. The van der Waals surface area contributed by atoms with Crippen molar-refractivity contribution >= 4 is 23.2 Å². The fraction of sp³-hybridized carbons (Fsp3) is 0.316. The summed E-state index contributed by atoms with van der Waals surface area (Å²) in [6.45, 7) is 3.01. The van der Waals surface area contributed by atoms with Gasteiger partial charge in [-0.15, -0.1) is 0 Å². The maximum absolute atomic E-state index is 13.8. The molecule has 1 aliphatic rings. The zero-order valence-electron chi connectivity index (χ0n) is 13.6. The molecule has 1 heterocycles. The predicted molar refractivity (Wildman–Crippen MR) is 95.9 cm³/mol. The third-order valence-corrected chi connectivity index (χ3v) is 4.84. The minimum Gasteiger partial charge on any atom is -0.330 e. The first-order valence-electron chi connectivity index (χ1n) is 8.11. The molecule has 1 amide bonds. The maximum atomic E-state index is 13.8. The van der Waals surface area contributed by atoms with Gasteiger partial charge in [-0.25, -0.2) is 4.39 Å². The highest BCUT2D eigenvalue weighted by Gasteiger charge is 2.28. The highest BCUT2D eigenvalue weighted by atomic mass is 35.5. The van der Waals surface area contributed by atoms with Crippen LogP contribution in [0.1, 0.15) is 24.0 Å². The van der Waals surface area contributed by atoms with Gasteiger partial charge in [0.2, 0.25) is 5.91 Å². The van der Waals surface area contributed by atoms with E-state index in [1.165, 1.54) is 12.1 Å². The Labute approximate surface area is 146 Å². The van der Waals surface area contributed by atoms with Crippen molar-refractivity contribution in [1.82, 2.24) is 0 Å². The van der Waals surface area contributed by atoms with Crippen LogP contribution >= 0.6 is 11.6 Å². The second-order valence-electron chi connectivity index (χ2n) is 6.06. The molecule has 24 heavy (non-hydrogen) atoms. The molecular weight excluding hydrogens is 327 g/mol. The van der Waals surface area contributed by atoms with Crippen LogP contribution in [-0.2, 0) is 11.2 Å². The molecule has 2 aromatic rings. The van der Waals surface area contributed by atoms with E-state index in [4.69, 9.17) is 17.3 Å². The van der Waals surface area contributed by atoms with E-state index in [1.54, 1.807) is 11.0 Å². The van der Waals surface area contributed by atoms with Gasteiger partial charge in [-0.2, -0.15) is 0 Å². The highest BCUT2D eigenvalue weighted by Crippen LogP contribution is 2.42. The Morgan fingerprint density at radius 3 is 2.75 bits per heavy atom. The van der Waals surface area contributed by atoms with Gasteiger partial charge in [-0.3, -0.25) is 4.79 Å². The van der Waals surface area contributed by atoms with E-state index in [1.807, 2.05) is 19.1 Å². The number of anilines is 1. The zero-order valence-corrected chi connectivity index (χ0v) is 14.4. The number of carbonyl (C=O) groups excluding carboxylic acids is 1. The number of hydrogen-bond acceptors (Lipinski definition) is 2. The summed E-state index contributed by atoms with van der Waals surface area (Å²) in [5, 5.41) is 0.605. The van der Waals surface area contributed by atoms with Crippen molar-refractivity contribution in [2.75, 3.05) is 18.0 Å². The number of amides is 1. The Morgan fingerprint density at radius 2 is 2.12 bits per heavy atom. The Morgan fingerprint density at radius 1 is 1.33 bits per heavy atom. The molecule has 1 fully saturated rings. The van der Waals surface area contributed by atoms with E-state index < -0.39 is 0 Å². The fourth-order valence-corrected chi connectivity index (χ4v) is 3.55. The molecule has 2 N–H and O–H groups in total. The van der Waals surface area contributed by atoms with Gasteiger partial charge >= 0.3 is 0 Å². The molecule has 1 aliphatic heterocycles. The van der Waals surface area contributed by atoms with Gasteiger partial charge in [0.25, 0.3) is 0 Å². The van der Waals surface area contributed by atoms with Gasteiger partial charge < -0.3 is 10.6 Å². The van der Waals surface area contributed by atoms with Gasteiger partial charge in [0.05, 0.1) is 5.69 Å². The Bertz CT molecular complexity index is 791. The van der Waals surface area contributed by atoms with E-state index in [9.17, 15) is 9.18 Å². The maximum Gasteiger partial charge on any atom is 0.227 e. The number of nitrogens with two attached hydrogens (primary N) is 1. The van der Waals surface area contributed by atoms with E-state index in [0.29, 0.717) is 31.0 Å². The first-order valence-corrected chi connectivity index (χ1v) is 8.49. The summed E-state index contributed by atoms with van der Waals surface area (Å²) in [6.07, 6.45) is 1.96. The molecule has 0 unspecified atom stereocenters. The van der Waals surface area contributed by atoms with Gasteiger partial charge in [0.1, 0.15) is 5.82 Å². The Hall–Kier alpha value is -1.91. The molecule has 3 nitrogen and oxygen atoms in total. The molecular formula is C19H20ClFN2O. The van der Waals surface area contributed by atoms with Crippen molar-refractivity contribution in [3.8, 4) is 11.1 Å². The monoisotopic (exact) mass is 346 g/mol. The summed E-state index contributed by atoms with van der Waals surface area (Å²) in [5.74, 6) is -0.228. The van der Waals surface area contributed by atoms with Crippen molar-refractivity contribution in [1.29, 1.82) is 0 Å². The standard InChI is InChI=1S/C19H20ClFN2O/c1-12-16(20)11-14(7-8-22)18(13-4-2-5-15(21)10-13)19(12)23-9-3-6-17(23)24/h2,4-5,10-11H,3,6-9,22H2,1H3. The van der Waals surface area contributed by atoms with Gasteiger partial charge in [-0.05, 0) is 61.2 Å². The highest BCUT2D eigenvalue weighted by molar-refractivity contribution is 6.32. The molecule has 0 saturated carbocycles. The van der Waals surface area contributed by atoms with Crippen molar-refractivity contribution in [2.24, 2.45) is 5.73 Å². The van der Waals surface area contributed by atoms with Crippen molar-refractivity contribution in [2.45, 2.75) is 26.2 Å². The Kier molecular flexibility index (Phi) is 4.88. The predicted octanol–water partition coefficient (Wildman–Crippen LogP) is 4.08. The average molecular weight is 347 g/mol. The summed E-state index contributed by atoms with van der Waals surface area (Å²) < 4.78 is 13.8. The van der Waals surface area contributed by atoms with Crippen LogP contribution in [0.4, 0.5) is 10.1 Å². The minimum atomic E-state index is -0.308. The number of hydrogen-bond donors (Lipinski definition) is 1. The summed E-state index contributed by atoms with van der Waals surface area (Å²) in [5.41, 5.74) is 9.93. The molecule has 0 spiro atoms. The van der Waals surface area contributed by atoms with E-state index >= 15 is 0 Å². The van der Waals surface area contributed by atoms with E-state index in [0.717, 1.165) is 34.4 Å². The molecule has 0 aliphatic carbocycles. The van der Waals surface area contributed by atoms with Crippen molar-refractivity contribution in [3.63, 3.8) is 0 Å². The van der Waals surface area contributed by atoms with Crippen LogP contribution in [0.3, 0.4) is 0 Å². The minimum absolute atomic E-state index is 0.0803. The lowest BCUT2D eigenvalue weighted by atomic mass is 9.92. The van der Waals surface area contributed by atoms with E-state index in [2.05, 4.69) is 0 Å². The van der Waals surface area contributed by atoms with Crippen molar-refractivity contribution in [3.05, 3.63) is 52.3 Å². The molecule has 1 saturated heterocycles. The summed E-state index contributed by atoms with van der Waals surface area (Å²) in [6, 6.07) is 8.32. The lowest BCUT2D eigenvalue weighted by molar-refractivity contribution is -0.117. The third kappa shape index (κ3) is 3.04. The van der Waals surface area contributed by atoms with Crippen LogP contribution in [-0.4, -0.2) is 19.0 Å². The quantitative estimate of drug-likeness (QED) is 0.906. The van der Waals surface area contributed by atoms with Crippen LogP contribution in [0.5, 0.6) is 0 Å². The number of halogens is 2. The molecule has 0 bridgehead atoms. The zero-order chi connectivity index (χ0) is 17.3. The number of nitrogens with zero attached hydrogens (tertiary/aromatic N) is 1. The SMILES string of the molecule is Cc1c(Cl)cc(CCN)c(-c2cccc(F)c2)c1N1CCCC1=O. The molecule has 0 atom stereocenters. The topological polar surface area (TPSA) is 46.3 Å². The fourth-order valence-electron chi connectivity index (χ4n) is 3.33. The summed E-state index contributed by atoms with van der Waals surface area (Å²) >= 11 is 6.42. The van der Waals surface area contributed by atoms with E-state index in [-0.39, 0.29) is 11.7 Å². The summed E-state index contributed by atoms with van der Waals surface area (Å²) in [4.78, 5) is 14.1. The molecule has 3 rings (SSSR count). The van der Waals surface area contributed by atoms with Gasteiger partial charge in [0.15, 0.2) is 0 Å². The smallest absolute Gasteiger partial charge is 0.227 e. The van der Waals surface area contributed by atoms with Crippen LogP contribution < -0.4 is 10.6 Å². The Balaban J connectivity index is 2.30. The average Bonchev–Trinajstić information content (AvgIpc) is 2.96. The second kappa shape index (κ2) is 6.91. The summed E-state index contributed by atoms with van der Waals surface area (Å²) in [7, 11) is 0. The molecule has 126 valence electrons. The molecule has 0 aromatic heterocycles. The lowest BCUT2D eigenvalue weighted by Crippen LogP contribution is -2.26. The van der Waals surface area contributed by atoms with Crippen LogP contribution in [0, 0.1) is 12.7 Å². The third-order valence-electron chi connectivity index (χ3n) is 4.44. The molecule has 0 radical (unpaired) electrons. The second-order valence-corrected chi connectivity index (χ2v) is 6.47. The number of benzene rings is 2. The van der Waals surface area contributed by atoms with Crippen LogP contribution in [0.15, 0.2) is 30.3 Å². The van der Waals surface area contributed by atoms with Crippen molar-refractivity contribution < 1.29 is 9.18 Å². The van der Waals surface area contributed by atoms with Crippen LogP contribution in [0.25, 0.3) is 11.1 Å². The number of rotatable bonds is 4.